The van der Waals surface area contributed by atoms with Crippen LogP contribution in [-0.2, 0) is 80.1 Å². The van der Waals surface area contributed by atoms with Crippen molar-refractivity contribution < 1.29 is 88.5 Å². The van der Waals surface area contributed by atoms with E-state index in [-0.39, 0.29) is 60.1 Å². The number of phosphoric ester groups is 1. The number of carbonyl (C=O) groups is 2. The van der Waals surface area contributed by atoms with Crippen molar-refractivity contribution in [3.05, 3.63) is 120 Å². The summed E-state index contributed by atoms with van der Waals surface area (Å²) in [6, 6.07) is 28.2. The topological polar surface area (TPSA) is 332 Å². The van der Waals surface area contributed by atoms with E-state index in [1.54, 1.807) is 61.6 Å². The van der Waals surface area contributed by atoms with Gasteiger partial charge in [0.2, 0.25) is 0 Å². The van der Waals surface area contributed by atoms with Crippen LogP contribution in [0.3, 0.4) is 0 Å². The Labute approximate surface area is 495 Å². The van der Waals surface area contributed by atoms with Gasteiger partial charge in [-0.1, -0.05) is 107 Å². The molecule has 10 rings (SSSR count). The van der Waals surface area contributed by atoms with Gasteiger partial charge in [-0.2, -0.15) is 0 Å². The Balaban J connectivity index is 0.000000205. The number of rotatable bonds is 25. The Hall–Kier alpha value is -5.33. The average molecular weight is 1250 g/mol. The molecular weight excluding hydrogens is 1170 g/mol. The Morgan fingerprint density at radius 3 is 1.60 bits per heavy atom. The van der Waals surface area contributed by atoms with Crippen LogP contribution in [0.4, 0.5) is 21.0 Å². The van der Waals surface area contributed by atoms with E-state index in [9.17, 15) is 45.9 Å². The first kappa shape index (κ1) is 64.2. The molecule has 4 saturated heterocycles. The molecule has 8 N–H and O–H groups in total. The highest BCUT2D eigenvalue weighted by atomic mass is 32.2. The van der Waals surface area contributed by atoms with Crippen molar-refractivity contribution in [2.75, 3.05) is 57.6 Å². The van der Waals surface area contributed by atoms with Gasteiger partial charge in [0.25, 0.3) is 20.0 Å². The number of fused-ring (bicyclic) bond motifs is 2. The number of aliphatic hydroxyl groups is 1. The normalized spacial score (nSPS) is 24.0. The van der Waals surface area contributed by atoms with Crippen LogP contribution in [0.1, 0.15) is 75.3 Å². The lowest BCUT2D eigenvalue weighted by molar-refractivity contribution is -0.145. The summed E-state index contributed by atoms with van der Waals surface area (Å²) in [5, 5.41) is 19.8. The van der Waals surface area contributed by atoms with Crippen LogP contribution in [-0.4, -0.2) is 161 Å². The van der Waals surface area contributed by atoms with Gasteiger partial charge in [-0.25, -0.2) is 31.0 Å². The Kier molecular flexibility index (Phi) is 22.3. The maximum atomic E-state index is 14.0. The zero-order valence-corrected chi connectivity index (χ0v) is 49.7. The first-order valence-corrected chi connectivity index (χ1v) is 33.2. The number of hydrogen-bond donors (Lipinski definition) is 7. The number of hydrogen-bond acceptors (Lipinski definition) is 19. The minimum atomic E-state index is -5.21. The highest BCUT2D eigenvalue weighted by molar-refractivity contribution is 7.89. The molecule has 4 aliphatic heterocycles. The summed E-state index contributed by atoms with van der Waals surface area (Å²) in [5.41, 5.74) is 8.23. The van der Waals surface area contributed by atoms with Crippen molar-refractivity contribution in [1.82, 2.24) is 19.6 Å². The number of amides is 2. The molecule has 6 fully saturated rings. The number of nitrogens with two attached hydrogens (primary N) is 1. The van der Waals surface area contributed by atoms with Gasteiger partial charge in [-0.05, 0) is 98.9 Å². The van der Waals surface area contributed by atoms with Crippen LogP contribution in [0, 0.1) is 11.8 Å². The Morgan fingerprint density at radius 2 is 1.11 bits per heavy atom. The van der Waals surface area contributed by atoms with Crippen molar-refractivity contribution in [3.8, 4) is 0 Å². The quantitative estimate of drug-likeness (QED) is 0.0235. The van der Waals surface area contributed by atoms with Crippen LogP contribution in [0.25, 0.3) is 0 Å². The smallest absolute Gasteiger partial charge is 0.443 e. The average Bonchev–Trinajstić information content (AvgIpc) is 2.90. The maximum absolute atomic E-state index is 14.0. The first-order valence-electron chi connectivity index (χ1n) is 28.7. The highest BCUT2D eigenvalue weighted by Gasteiger charge is 2.46. The van der Waals surface area contributed by atoms with E-state index >= 15 is 0 Å². The van der Waals surface area contributed by atoms with Gasteiger partial charge in [0.15, 0.2) is 12.6 Å². The van der Waals surface area contributed by atoms with Gasteiger partial charge in [0.05, 0.1) is 91.5 Å². The molecule has 2 aliphatic carbocycles. The summed E-state index contributed by atoms with van der Waals surface area (Å²) in [5.74, 6) is -0.179. The second-order valence-electron chi connectivity index (χ2n) is 21.9. The number of benzene rings is 4. The lowest BCUT2D eigenvalue weighted by atomic mass is 10.0. The third-order valence-corrected chi connectivity index (χ3v) is 19.6. The zero-order valence-electron chi connectivity index (χ0n) is 47.2. The predicted octanol–water partition coefficient (Wildman–Crippen LogP) is 5.76. The number of anilines is 2. The van der Waals surface area contributed by atoms with E-state index in [2.05, 4.69) is 16.0 Å². The monoisotopic (exact) mass is 1240 g/mol. The third-order valence-electron chi connectivity index (χ3n) is 15.8. The van der Waals surface area contributed by atoms with Gasteiger partial charge >= 0.3 is 20.0 Å². The van der Waals surface area contributed by atoms with Crippen LogP contribution in [0.2, 0.25) is 0 Å². The van der Waals surface area contributed by atoms with Crippen molar-refractivity contribution in [1.29, 1.82) is 0 Å². The van der Waals surface area contributed by atoms with Gasteiger partial charge < -0.3 is 65.0 Å². The van der Waals surface area contributed by atoms with E-state index in [1.807, 2.05) is 30.3 Å². The number of aliphatic hydroxyl groups excluding tert-OH is 1. The lowest BCUT2D eigenvalue weighted by Crippen LogP contribution is -2.52. The molecule has 85 heavy (non-hydrogen) atoms. The zero-order chi connectivity index (χ0) is 60.1. The molecule has 10 atom stereocenters. The molecule has 4 aromatic rings. The number of sulfonamides is 2. The fraction of sp³-hybridized carbons (Fsp3) is 0.544. The second-order valence-corrected chi connectivity index (χ2v) is 26.7. The molecule has 0 radical (unpaired) electrons. The van der Waals surface area contributed by atoms with Crippen molar-refractivity contribution in [2.24, 2.45) is 11.8 Å². The summed E-state index contributed by atoms with van der Waals surface area (Å²) in [6.07, 6.45) is 0.770. The van der Waals surface area contributed by atoms with Gasteiger partial charge in [0.1, 0.15) is 18.3 Å². The van der Waals surface area contributed by atoms with E-state index in [4.69, 9.17) is 48.4 Å². The van der Waals surface area contributed by atoms with Gasteiger partial charge in [-0.15, -0.1) is 0 Å². The van der Waals surface area contributed by atoms with Crippen molar-refractivity contribution in [2.45, 2.75) is 148 Å². The van der Waals surface area contributed by atoms with Crippen molar-refractivity contribution >= 4 is 51.4 Å². The molecule has 28 heteroatoms. The molecule has 0 unspecified atom stereocenters. The van der Waals surface area contributed by atoms with Crippen molar-refractivity contribution in [3.63, 3.8) is 0 Å². The van der Waals surface area contributed by atoms with Crippen LogP contribution < -0.4 is 21.7 Å². The SMILES string of the molecule is CNc1cccc(S(=O)(=O)N(C[C@@H](OP(=O)(O)O)[C@H](Cc2ccccc2)NC(=O)O[C@H]2CO[C@H]3OCC[C@H]32)OC2CCCC2)c1.Nc1cccc(S(=O)(=O)N(C[C@@H](O)[C@H](Cc2ccccc2)NC(=O)O[C@H]2CO[C@H]3OCC[C@H]32)OC2CCCC2)c1. The Bertz CT molecular complexity index is 3090. The number of hydroxylamine groups is 2. The maximum Gasteiger partial charge on any atom is 0.469 e. The van der Waals surface area contributed by atoms with Gasteiger partial charge in [-0.3, -0.25) is 14.2 Å². The molecule has 0 aromatic heterocycles. The first-order chi connectivity index (χ1) is 40.8. The molecule has 4 aromatic carbocycles. The van der Waals surface area contributed by atoms with Crippen LogP contribution >= 0.6 is 7.82 Å². The predicted molar refractivity (Wildman–Crippen MR) is 307 cm³/mol. The Morgan fingerprint density at radius 1 is 0.635 bits per heavy atom. The fourth-order valence-corrected chi connectivity index (χ4v) is 14.6. The summed E-state index contributed by atoms with van der Waals surface area (Å²) in [6.45, 7) is 0.351. The number of nitrogens with zero attached hydrogens (tertiary/aromatic N) is 2. The molecule has 0 spiro atoms. The van der Waals surface area contributed by atoms with E-state index < -0.39 is 102 Å². The largest absolute Gasteiger partial charge is 0.469 e. The minimum absolute atomic E-state index is 0.0312. The molecule has 2 amide bonds. The summed E-state index contributed by atoms with van der Waals surface area (Å²) in [4.78, 5) is 58.0. The highest BCUT2D eigenvalue weighted by Crippen LogP contribution is 2.40. The molecular formula is C57H77N6O19PS2. The molecule has 25 nitrogen and oxygen atoms in total. The second kappa shape index (κ2) is 29.6. The summed E-state index contributed by atoms with van der Waals surface area (Å²) >= 11 is 0. The van der Waals surface area contributed by atoms with E-state index in [1.165, 1.54) is 24.3 Å². The minimum Gasteiger partial charge on any atom is -0.443 e. The van der Waals surface area contributed by atoms with Crippen LogP contribution in [0.5, 0.6) is 0 Å². The number of nitrogens with one attached hydrogen (secondary N) is 3. The summed E-state index contributed by atoms with van der Waals surface area (Å²) < 4.78 is 108. The molecule has 6 aliphatic rings. The fourth-order valence-electron chi connectivity index (χ4n) is 11.3. The lowest BCUT2D eigenvalue weighted by Gasteiger charge is -2.33. The number of alkyl carbamates (subject to hydrolysis) is 2. The van der Waals surface area contributed by atoms with Gasteiger partial charge in [0, 0.05) is 18.4 Å². The molecule has 0 bridgehead atoms. The standard InChI is InChI=1S/C29H40N3O11PS.C28H37N3O8S/c1-30-21-10-7-13-23(17-21)45(37,38)32(42-22-11-5-6-12-22)18-26(43-44(34,35)36)25(16-20-8-3-2-4-9-20)31-29(33)41-27-19-40-28-24(27)14-15-39-28;29-20-9-6-12-22(16-20)40(34,35)31(39-21-10-4-5-11-21)17-25(32)24(15-19-7-2-1-3-8-19)30-28(33)38-26-18-37-27-23(26)13-14-36-27/h2-4,7-10,13,17,22,24-28,30H,5-6,11-12,14-16,18-19H2,1H3,(H,31,33)(H2,34,35,36);1-3,6-9,12,16,21,23-27,32H,4-5,10-11,13-15,17-18,29H2,(H,30,33)/t24-,25-,26+,27-,28+;23-,24-,25+,26-,27+/m00/s1. The molecule has 466 valence electrons. The number of carbonyl (C=O) groups excluding carboxylic acids is 2. The molecule has 4 heterocycles. The number of ether oxygens (including phenoxy) is 6. The van der Waals surface area contributed by atoms with E-state index in [0.29, 0.717) is 62.3 Å². The van der Waals surface area contributed by atoms with E-state index in [0.717, 1.165) is 46.6 Å². The number of nitrogen functional groups attached to an aromatic ring is 1. The molecule has 2 saturated carbocycles. The summed E-state index contributed by atoms with van der Waals surface area (Å²) in [7, 11) is -12.1. The number of phosphoric acid groups is 1. The third kappa shape index (κ3) is 17.7. The van der Waals surface area contributed by atoms with Crippen LogP contribution in [0.15, 0.2) is 119 Å².